The number of rotatable bonds is 3. The Balaban J connectivity index is 2.47. The third-order valence-electron chi connectivity index (χ3n) is 2.61. The summed E-state index contributed by atoms with van der Waals surface area (Å²) in [6.45, 7) is 0. The van der Waals surface area contributed by atoms with E-state index in [1.807, 2.05) is 0 Å². The highest BCUT2D eigenvalue weighted by atomic mass is 79.9. The summed E-state index contributed by atoms with van der Waals surface area (Å²) in [4.78, 5) is 12.4. The van der Waals surface area contributed by atoms with Gasteiger partial charge in [-0.2, -0.15) is 5.10 Å². The Hall–Kier alpha value is -1.82. The number of ketones is 1. The van der Waals surface area contributed by atoms with Crippen molar-refractivity contribution in [2.75, 3.05) is 12.8 Å². The number of carbonyl (C=O) groups is 1. The maximum Gasteiger partial charge on any atom is 0.214 e. The molecular formula is C12H12BrN3O2. The molecular weight excluding hydrogens is 298 g/mol. The highest BCUT2D eigenvalue weighted by Gasteiger charge is 2.19. The normalized spacial score (nSPS) is 10.4. The predicted molar refractivity (Wildman–Crippen MR) is 71.7 cm³/mol. The third-order valence-corrected chi connectivity index (χ3v) is 3.19. The third kappa shape index (κ3) is 2.11. The summed E-state index contributed by atoms with van der Waals surface area (Å²) in [5.74, 6) is 0.440. The first-order valence-corrected chi connectivity index (χ1v) is 5.99. The van der Waals surface area contributed by atoms with Gasteiger partial charge >= 0.3 is 0 Å². The molecule has 18 heavy (non-hydrogen) atoms. The van der Waals surface area contributed by atoms with E-state index in [-0.39, 0.29) is 5.78 Å². The van der Waals surface area contributed by atoms with Gasteiger partial charge in [0.05, 0.1) is 17.8 Å². The molecule has 0 spiro atoms. The molecule has 0 unspecified atom stereocenters. The van der Waals surface area contributed by atoms with Crippen LogP contribution in [0, 0.1) is 0 Å². The van der Waals surface area contributed by atoms with Crippen LogP contribution in [-0.2, 0) is 7.05 Å². The van der Waals surface area contributed by atoms with E-state index >= 15 is 0 Å². The maximum absolute atomic E-state index is 12.4. The van der Waals surface area contributed by atoms with Crippen LogP contribution in [0.1, 0.15) is 16.1 Å². The molecule has 0 fully saturated rings. The van der Waals surface area contributed by atoms with Gasteiger partial charge in [0, 0.05) is 24.4 Å². The highest BCUT2D eigenvalue weighted by molar-refractivity contribution is 9.10. The molecule has 1 heterocycles. The van der Waals surface area contributed by atoms with E-state index in [4.69, 9.17) is 10.5 Å². The molecule has 0 radical (unpaired) electrons. The van der Waals surface area contributed by atoms with Crippen LogP contribution in [-0.4, -0.2) is 22.7 Å². The molecule has 0 aliphatic carbocycles. The van der Waals surface area contributed by atoms with E-state index in [0.717, 1.165) is 0 Å². The minimum Gasteiger partial charge on any atom is -0.497 e. The Bertz CT molecular complexity index is 588. The molecule has 0 aliphatic heterocycles. The average molecular weight is 310 g/mol. The summed E-state index contributed by atoms with van der Waals surface area (Å²) >= 11 is 3.30. The number of hydrogen-bond donors (Lipinski definition) is 1. The van der Waals surface area contributed by atoms with Crippen molar-refractivity contribution in [2.24, 2.45) is 7.05 Å². The number of benzene rings is 1. The van der Waals surface area contributed by atoms with Crippen molar-refractivity contribution in [2.45, 2.75) is 0 Å². The fourth-order valence-electron chi connectivity index (χ4n) is 1.67. The van der Waals surface area contributed by atoms with Crippen LogP contribution in [0.25, 0.3) is 0 Å². The van der Waals surface area contributed by atoms with Crippen LogP contribution in [0.3, 0.4) is 0 Å². The van der Waals surface area contributed by atoms with Gasteiger partial charge in [-0.3, -0.25) is 9.48 Å². The number of anilines is 1. The van der Waals surface area contributed by atoms with Gasteiger partial charge in [0.1, 0.15) is 11.4 Å². The van der Waals surface area contributed by atoms with Crippen molar-refractivity contribution < 1.29 is 9.53 Å². The number of nitrogens with two attached hydrogens (primary N) is 1. The van der Waals surface area contributed by atoms with Gasteiger partial charge in [-0.1, -0.05) is 0 Å². The van der Waals surface area contributed by atoms with Gasteiger partial charge in [0.25, 0.3) is 0 Å². The first kappa shape index (κ1) is 12.6. The largest absolute Gasteiger partial charge is 0.497 e. The average Bonchev–Trinajstić information content (AvgIpc) is 2.68. The zero-order valence-electron chi connectivity index (χ0n) is 9.98. The lowest BCUT2D eigenvalue weighted by molar-refractivity contribution is 0.103. The first-order valence-electron chi connectivity index (χ1n) is 5.20. The number of hydrogen-bond acceptors (Lipinski definition) is 4. The van der Waals surface area contributed by atoms with Gasteiger partial charge in [-0.05, 0) is 28.1 Å². The Labute approximate surface area is 113 Å². The van der Waals surface area contributed by atoms with E-state index in [0.29, 0.717) is 27.2 Å². The highest BCUT2D eigenvalue weighted by Crippen LogP contribution is 2.25. The van der Waals surface area contributed by atoms with Gasteiger partial charge < -0.3 is 10.5 Å². The molecule has 0 aliphatic rings. The van der Waals surface area contributed by atoms with Crippen LogP contribution in [0.15, 0.2) is 28.9 Å². The molecule has 0 bridgehead atoms. The minimum atomic E-state index is -0.179. The van der Waals surface area contributed by atoms with E-state index in [9.17, 15) is 4.79 Å². The van der Waals surface area contributed by atoms with Crippen LogP contribution in [0.4, 0.5) is 5.69 Å². The van der Waals surface area contributed by atoms with Crippen molar-refractivity contribution >= 4 is 27.4 Å². The number of aromatic nitrogens is 2. The minimum absolute atomic E-state index is 0.179. The second kappa shape index (κ2) is 4.81. The second-order valence-electron chi connectivity index (χ2n) is 3.75. The lowest BCUT2D eigenvalue weighted by atomic mass is 10.1. The Morgan fingerprint density at radius 2 is 2.22 bits per heavy atom. The van der Waals surface area contributed by atoms with Crippen LogP contribution >= 0.6 is 15.9 Å². The molecule has 0 atom stereocenters. The van der Waals surface area contributed by atoms with Crippen molar-refractivity contribution in [3.8, 4) is 5.75 Å². The van der Waals surface area contributed by atoms with Crippen molar-refractivity contribution in [1.82, 2.24) is 9.78 Å². The van der Waals surface area contributed by atoms with E-state index in [1.165, 1.54) is 4.68 Å². The molecule has 0 saturated heterocycles. The smallest absolute Gasteiger partial charge is 0.214 e. The van der Waals surface area contributed by atoms with Crippen LogP contribution < -0.4 is 10.5 Å². The molecule has 0 saturated carbocycles. The van der Waals surface area contributed by atoms with Gasteiger partial charge in [0.15, 0.2) is 0 Å². The molecule has 5 nitrogen and oxygen atoms in total. The number of nitrogen functional groups attached to an aromatic ring is 1. The van der Waals surface area contributed by atoms with Crippen molar-refractivity contribution in [3.05, 3.63) is 40.1 Å². The van der Waals surface area contributed by atoms with Crippen molar-refractivity contribution in [1.29, 1.82) is 0 Å². The van der Waals surface area contributed by atoms with Crippen molar-refractivity contribution in [3.63, 3.8) is 0 Å². The van der Waals surface area contributed by atoms with Crippen LogP contribution in [0.5, 0.6) is 5.75 Å². The second-order valence-corrected chi connectivity index (χ2v) is 4.60. The lowest BCUT2D eigenvalue weighted by Crippen LogP contribution is -2.11. The number of ether oxygens (including phenoxy) is 1. The molecule has 2 aromatic rings. The standard InChI is InChI=1S/C12H12BrN3O2/c1-16-11(9(13)6-15-16)12(17)8-4-3-7(18-2)5-10(8)14/h3-6H,14H2,1-2H3. The number of aryl methyl sites for hydroxylation is 1. The van der Waals surface area contributed by atoms with Gasteiger partial charge in [-0.25, -0.2) is 0 Å². The Morgan fingerprint density at radius 1 is 1.50 bits per heavy atom. The number of halogens is 1. The summed E-state index contributed by atoms with van der Waals surface area (Å²) < 4.78 is 7.20. The predicted octanol–water partition coefficient (Wildman–Crippen LogP) is 2.00. The molecule has 6 heteroatoms. The summed E-state index contributed by atoms with van der Waals surface area (Å²) in [6.07, 6.45) is 1.58. The van der Waals surface area contributed by atoms with Crippen LogP contribution in [0.2, 0.25) is 0 Å². The number of carbonyl (C=O) groups excluding carboxylic acids is 1. The Morgan fingerprint density at radius 3 is 2.72 bits per heavy atom. The maximum atomic E-state index is 12.4. The molecule has 94 valence electrons. The summed E-state index contributed by atoms with van der Waals surface area (Å²) in [6, 6.07) is 4.97. The molecule has 2 rings (SSSR count). The fourth-order valence-corrected chi connectivity index (χ4v) is 2.20. The monoisotopic (exact) mass is 309 g/mol. The summed E-state index contributed by atoms with van der Waals surface area (Å²) in [7, 11) is 3.26. The van der Waals surface area contributed by atoms with Gasteiger partial charge in [0.2, 0.25) is 5.78 Å². The quantitative estimate of drug-likeness (QED) is 0.695. The van der Waals surface area contributed by atoms with E-state index < -0.39 is 0 Å². The summed E-state index contributed by atoms with van der Waals surface area (Å²) in [5, 5.41) is 4.01. The summed E-state index contributed by atoms with van der Waals surface area (Å²) in [5.41, 5.74) is 7.14. The van der Waals surface area contributed by atoms with Gasteiger partial charge in [-0.15, -0.1) is 0 Å². The zero-order chi connectivity index (χ0) is 13.3. The molecule has 2 N–H and O–H groups in total. The number of methoxy groups -OCH3 is 1. The molecule has 0 amide bonds. The zero-order valence-corrected chi connectivity index (χ0v) is 11.6. The lowest BCUT2D eigenvalue weighted by Gasteiger charge is -2.07. The topological polar surface area (TPSA) is 70.1 Å². The fraction of sp³-hybridized carbons (Fsp3) is 0.167. The number of nitrogens with zero attached hydrogens (tertiary/aromatic N) is 2. The Kier molecular flexibility index (Phi) is 3.38. The van der Waals surface area contributed by atoms with E-state index in [1.54, 1.807) is 38.6 Å². The SMILES string of the molecule is COc1ccc(C(=O)c2c(Br)cnn2C)c(N)c1. The first-order chi connectivity index (χ1) is 8.54. The van der Waals surface area contributed by atoms with E-state index in [2.05, 4.69) is 21.0 Å². The molecule has 1 aromatic carbocycles. The molecule has 1 aromatic heterocycles.